The molecule has 1 aromatic heterocycles. The first-order chi connectivity index (χ1) is 14.7. The number of nitrogens with zero attached hydrogens (tertiary/aromatic N) is 3. The number of ether oxygens (including phenoxy) is 2. The van der Waals surface area contributed by atoms with Crippen LogP contribution in [0, 0.1) is 5.92 Å². The number of carbonyl (C=O) groups is 1. The number of carbonyl (C=O) groups excluding carboxylic acids is 1. The Kier molecular flexibility index (Phi) is 6.94. The fraction of sp³-hybridized carbons (Fsp3) is 0.478. The average molecular weight is 412 g/mol. The van der Waals surface area contributed by atoms with Crippen LogP contribution in [0.5, 0.6) is 5.75 Å². The second-order valence-electron chi connectivity index (χ2n) is 7.97. The summed E-state index contributed by atoms with van der Waals surface area (Å²) in [6.45, 7) is 4.79. The van der Waals surface area contributed by atoms with Crippen molar-refractivity contribution in [1.82, 2.24) is 14.8 Å². The average Bonchev–Trinajstić information content (AvgIpc) is 3.12. The quantitative estimate of drug-likeness (QED) is 0.742. The maximum Gasteiger partial charge on any atom is 0.260 e. The second kappa shape index (κ2) is 10.0. The lowest BCUT2D eigenvalue weighted by atomic mass is 10.00. The van der Waals surface area contributed by atoms with Crippen molar-refractivity contribution in [3.8, 4) is 5.75 Å². The molecule has 2 saturated heterocycles. The summed E-state index contributed by atoms with van der Waals surface area (Å²) in [7, 11) is 0. The van der Waals surface area contributed by atoms with Crippen LogP contribution in [-0.4, -0.2) is 77.9 Å². The Morgan fingerprint density at radius 2 is 1.93 bits per heavy atom. The van der Waals surface area contributed by atoms with Gasteiger partial charge in [-0.15, -0.1) is 0 Å². The molecule has 0 aliphatic carbocycles. The first-order valence-corrected chi connectivity index (χ1v) is 10.5. The Balaban J connectivity index is 1.24. The van der Waals surface area contributed by atoms with E-state index in [0.29, 0.717) is 38.6 Å². The van der Waals surface area contributed by atoms with E-state index in [-0.39, 0.29) is 24.5 Å². The summed E-state index contributed by atoms with van der Waals surface area (Å²) >= 11 is 0. The largest absolute Gasteiger partial charge is 0.484 e. The van der Waals surface area contributed by atoms with Gasteiger partial charge in [0.05, 0.1) is 19.3 Å². The van der Waals surface area contributed by atoms with E-state index in [9.17, 15) is 9.90 Å². The molecule has 3 heterocycles. The summed E-state index contributed by atoms with van der Waals surface area (Å²) in [4.78, 5) is 20.6. The minimum absolute atomic E-state index is 0.00706. The van der Waals surface area contributed by atoms with E-state index in [1.165, 1.54) is 0 Å². The number of benzene rings is 1. The van der Waals surface area contributed by atoms with Crippen molar-refractivity contribution < 1.29 is 19.4 Å². The monoisotopic (exact) mass is 411 g/mol. The Hall–Kier alpha value is -2.48. The van der Waals surface area contributed by atoms with E-state index < -0.39 is 0 Å². The van der Waals surface area contributed by atoms with E-state index in [1.54, 1.807) is 11.1 Å². The Morgan fingerprint density at radius 1 is 1.13 bits per heavy atom. The van der Waals surface area contributed by atoms with Gasteiger partial charge in [0.25, 0.3) is 5.91 Å². The maximum atomic E-state index is 12.2. The number of hydrogen-bond acceptors (Lipinski definition) is 6. The van der Waals surface area contributed by atoms with Crippen molar-refractivity contribution in [2.24, 2.45) is 5.92 Å². The number of hydrogen-bond donors (Lipinski definition) is 1. The number of likely N-dealkylation sites (tertiary alicyclic amines) is 1. The van der Waals surface area contributed by atoms with E-state index in [1.807, 2.05) is 42.5 Å². The SMILES string of the molecule is O=C(COc1ccc(CN2C[C@@H](Cc3ccccn3)[C@H](O)C2)cc1)N1CCOCC1. The number of aliphatic hydroxyl groups excluding tert-OH is 1. The third-order valence-corrected chi connectivity index (χ3v) is 5.74. The molecule has 2 aliphatic rings. The van der Waals surface area contributed by atoms with Gasteiger partial charge in [-0.3, -0.25) is 14.7 Å². The van der Waals surface area contributed by atoms with Crippen LogP contribution in [0.2, 0.25) is 0 Å². The van der Waals surface area contributed by atoms with Crippen LogP contribution in [0.4, 0.5) is 0 Å². The van der Waals surface area contributed by atoms with Crippen LogP contribution in [0.25, 0.3) is 0 Å². The molecule has 30 heavy (non-hydrogen) atoms. The van der Waals surface area contributed by atoms with Gasteiger partial charge in [-0.25, -0.2) is 0 Å². The Bertz CT molecular complexity index is 809. The molecule has 0 saturated carbocycles. The fourth-order valence-corrected chi connectivity index (χ4v) is 4.06. The molecule has 1 aromatic carbocycles. The third kappa shape index (κ3) is 5.56. The summed E-state index contributed by atoms with van der Waals surface area (Å²) in [6, 6.07) is 13.8. The molecule has 4 rings (SSSR count). The van der Waals surface area contributed by atoms with Crippen LogP contribution < -0.4 is 4.74 Å². The molecule has 0 spiro atoms. The second-order valence-corrected chi connectivity index (χ2v) is 7.97. The third-order valence-electron chi connectivity index (χ3n) is 5.74. The summed E-state index contributed by atoms with van der Waals surface area (Å²) in [5, 5.41) is 10.4. The van der Waals surface area contributed by atoms with Crippen molar-refractivity contribution in [1.29, 1.82) is 0 Å². The number of pyridine rings is 1. The molecule has 2 atom stereocenters. The van der Waals surface area contributed by atoms with Crippen LogP contribution >= 0.6 is 0 Å². The van der Waals surface area contributed by atoms with Crippen molar-refractivity contribution in [3.63, 3.8) is 0 Å². The van der Waals surface area contributed by atoms with Gasteiger partial charge in [-0.2, -0.15) is 0 Å². The molecule has 7 heteroatoms. The molecule has 7 nitrogen and oxygen atoms in total. The number of amides is 1. The van der Waals surface area contributed by atoms with E-state index >= 15 is 0 Å². The highest BCUT2D eigenvalue weighted by atomic mass is 16.5. The van der Waals surface area contributed by atoms with Gasteiger partial charge in [0.2, 0.25) is 0 Å². The van der Waals surface area contributed by atoms with E-state index in [2.05, 4.69) is 9.88 Å². The molecular formula is C23H29N3O4. The molecule has 2 fully saturated rings. The van der Waals surface area contributed by atoms with Gasteiger partial charge in [0.1, 0.15) is 5.75 Å². The number of rotatable bonds is 7. The first-order valence-electron chi connectivity index (χ1n) is 10.5. The number of aliphatic hydroxyl groups is 1. The fourth-order valence-electron chi connectivity index (χ4n) is 4.06. The van der Waals surface area contributed by atoms with Crippen LogP contribution in [-0.2, 0) is 22.5 Å². The van der Waals surface area contributed by atoms with Gasteiger partial charge in [0.15, 0.2) is 6.61 Å². The molecule has 1 amide bonds. The number of β-amino-alcohol motifs (C(OH)–C–C–N with tert-alkyl or cyclic N) is 1. The number of aromatic nitrogens is 1. The smallest absolute Gasteiger partial charge is 0.260 e. The molecule has 160 valence electrons. The van der Waals surface area contributed by atoms with Crippen LogP contribution in [0.15, 0.2) is 48.7 Å². The predicted molar refractivity (Wildman–Crippen MR) is 112 cm³/mol. The minimum atomic E-state index is -0.333. The standard InChI is InChI=1S/C23H29N3O4/c27-22-16-25(15-19(22)13-20-3-1-2-8-24-20)14-18-4-6-21(7-5-18)30-17-23(28)26-9-11-29-12-10-26/h1-8,19,22,27H,9-17H2/t19-,22-/m1/s1. The lowest BCUT2D eigenvalue weighted by molar-refractivity contribution is -0.137. The lowest BCUT2D eigenvalue weighted by Crippen LogP contribution is -2.42. The zero-order valence-corrected chi connectivity index (χ0v) is 17.2. The van der Waals surface area contributed by atoms with Crippen LogP contribution in [0.3, 0.4) is 0 Å². The number of morpholine rings is 1. The highest BCUT2D eigenvalue weighted by Crippen LogP contribution is 2.23. The normalized spacial score (nSPS) is 22.2. The van der Waals surface area contributed by atoms with Gasteiger partial charge in [-0.1, -0.05) is 18.2 Å². The van der Waals surface area contributed by atoms with Crippen molar-refractivity contribution >= 4 is 5.91 Å². The van der Waals surface area contributed by atoms with Crippen molar-refractivity contribution in [2.45, 2.75) is 19.1 Å². The maximum absolute atomic E-state index is 12.2. The van der Waals surface area contributed by atoms with Crippen LogP contribution in [0.1, 0.15) is 11.3 Å². The molecule has 0 bridgehead atoms. The van der Waals surface area contributed by atoms with E-state index in [0.717, 1.165) is 30.8 Å². The van der Waals surface area contributed by atoms with E-state index in [4.69, 9.17) is 9.47 Å². The van der Waals surface area contributed by atoms with Gasteiger partial charge in [-0.05, 0) is 36.2 Å². The zero-order chi connectivity index (χ0) is 20.8. The Morgan fingerprint density at radius 3 is 2.67 bits per heavy atom. The molecule has 2 aliphatic heterocycles. The van der Waals surface area contributed by atoms with Gasteiger partial charge >= 0.3 is 0 Å². The highest BCUT2D eigenvalue weighted by molar-refractivity contribution is 5.77. The summed E-state index contributed by atoms with van der Waals surface area (Å²) in [5.41, 5.74) is 2.18. The zero-order valence-electron chi connectivity index (χ0n) is 17.2. The topological polar surface area (TPSA) is 75.1 Å². The predicted octanol–water partition coefficient (Wildman–Crippen LogP) is 1.35. The summed E-state index contributed by atoms with van der Waals surface area (Å²) < 4.78 is 10.9. The van der Waals surface area contributed by atoms with Crippen molar-refractivity contribution in [2.75, 3.05) is 46.0 Å². The summed E-state index contributed by atoms with van der Waals surface area (Å²) in [6.07, 6.45) is 2.26. The minimum Gasteiger partial charge on any atom is -0.484 e. The summed E-state index contributed by atoms with van der Waals surface area (Å²) in [5.74, 6) is 0.885. The lowest BCUT2D eigenvalue weighted by Gasteiger charge is -2.26. The molecular weight excluding hydrogens is 382 g/mol. The van der Waals surface area contributed by atoms with Gasteiger partial charge < -0.3 is 19.5 Å². The molecule has 0 radical (unpaired) electrons. The molecule has 2 aromatic rings. The molecule has 0 unspecified atom stereocenters. The first kappa shape index (κ1) is 20.8. The highest BCUT2D eigenvalue weighted by Gasteiger charge is 2.31. The van der Waals surface area contributed by atoms with Crippen molar-refractivity contribution in [3.05, 3.63) is 59.9 Å². The van der Waals surface area contributed by atoms with Gasteiger partial charge in [0, 0.05) is 50.5 Å². The molecule has 1 N–H and O–H groups in total. The Labute approximate surface area is 177 Å².